The van der Waals surface area contributed by atoms with Gasteiger partial charge in [-0.2, -0.15) is 0 Å². The first-order valence-electron chi connectivity index (χ1n) is 10.4. The largest absolute Gasteiger partial charge is 0.249 e. The molecule has 0 aromatic carbocycles. The fourth-order valence-electron chi connectivity index (χ4n) is 4.04. The molecule has 1 aliphatic carbocycles. The van der Waals surface area contributed by atoms with E-state index in [-0.39, 0.29) is 5.92 Å². The van der Waals surface area contributed by atoms with Gasteiger partial charge in [0.15, 0.2) is 0 Å². The summed E-state index contributed by atoms with van der Waals surface area (Å²) in [6.45, 7) is 2.23. The van der Waals surface area contributed by atoms with Gasteiger partial charge in [-0.25, -0.2) is 20.3 Å². The molecule has 0 saturated heterocycles. The van der Waals surface area contributed by atoms with E-state index in [0.717, 1.165) is 38.5 Å². The van der Waals surface area contributed by atoms with Crippen LogP contribution in [-0.2, 0) is 9.78 Å². The van der Waals surface area contributed by atoms with Crippen molar-refractivity contribution < 1.29 is 20.3 Å². The van der Waals surface area contributed by atoms with Gasteiger partial charge >= 0.3 is 0 Å². The molecule has 0 radical (unpaired) electrons. The van der Waals surface area contributed by atoms with Gasteiger partial charge in [0, 0.05) is 12.3 Å². The van der Waals surface area contributed by atoms with Crippen LogP contribution in [0.2, 0.25) is 0 Å². The molecule has 1 saturated carbocycles. The molecule has 24 heavy (non-hydrogen) atoms. The molecule has 0 amide bonds. The SMILES string of the molecule is CCCCCCCCC1CCCCCCCCCCC1(OO)OO. The quantitative estimate of drug-likeness (QED) is 0.206. The standard InChI is InChI=1S/C20H40O4/c1-2-3-4-5-10-13-16-19-17-14-11-8-6-7-9-12-15-18-20(19,23-21)24-22/h19,21-22H,2-18H2,1H3. The molecule has 1 aliphatic rings. The number of hydrogen-bond donors (Lipinski definition) is 2. The molecule has 0 bridgehead atoms. The summed E-state index contributed by atoms with van der Waals surface area (Å²) in [6, 6.07) is 0. The predicted octanol–water partition coefficient (Wildman–Crippen LogP) is 6.94. The van der Waals surface area contributed by atoms with Gasteiger partial charge in [0.25, 0.3) is 0 Å². The monoisotopic (exact) mass is 344 g/mol. The summed E-state index contributed by atoms with van der Waals surface area (Å²) in [6.07, 6.45) is 19.5. The third kappa shape index (κ3) is 8.28. The third-order valence-corrected chi connectivity index (χ3v) is 5.67. The highest BCUT2D eigenvalue weighted by molar-refractivity contribution is 4.79. The number of hydrogen-bond acceptors (Lipinski definition) is 4. The number of unbranched alkanes of at least 4 members (excludes halogenated alkanes) is 5. The van der Waals surface area contributed by atoms with Crippen molar-refractivity contribution in [1.82, 2.24) is 0 Å². The van der Waals surface area contributed by atoms with Crippen LogP contribution in [0.1, 0.15) is 116 Å². The fraction of sp³-hybridized carbons (Fsp3) is 1.00. The molecule has 4 nitrogen and oxygen atoms in total. The van der Waals surface area contributed by atoms with Crippen LogP contribution < -0.4 is 0 Å². The van der Waals surface area contributed by atoms with E-state index in [9.17, 15) is 10.5 Å². The molecule has 1 fully saturated rings. The van der Waals surface area contributed by atoms with Crippen LogP contribution in [0.5, 0.6) is 0 Å². The number of rotatable bonds is 9. The second-order valence-electron chi connectivity index (χ2n) is 7.61. The Hall–Kier alpha value is -0.160. The highest BCUT2D eigenvalue weighted by Crippen LogP contribution is 2.36. The van der Waals surface area contributed by atoms with Gasteiger partial charge in [0.2, 0.25) is 5.79 Å². The Morgan fingerprint density at radius 1 is 0.750 bits per heavy atom. The van der Waals surface area contributed by atoms with Crippen molar-refractivity contribution in [1.29, 1.82) is 0 Å². The molecule has 0 spiro atoms. The average molecular weight is 345 g/mol. The summed E-state index contributed by atoms with van der Waals surface area (Å²) in [5, 5.41) is 19.0. The van der Waals surface area contributed by atoms with Crippen LogP contribution in [0.3, 0.4) is 0 Å². The van der Waals surface area contributed by atoms with Crippen molar-refractivity contribution >= 4 is 0 Å². The van der Waals surface area contributed by atoms with Gasteiger partial charge in [-0.15, -0.1) is 0 Å². The van der Waals surface area contributed by atoms with Crippen LogP contribution in [0, 0.1) is 5.92 Å². The Morgan fingerprint density at radius 3 is 1.92 bits per heavy atom. The predicted molar refractivity (Wildman–Crippen MR) is 97.8 cm³/mol. The lowest BCUT2D eigenvalue weighted by Crippen LogP contribution is -2.42. The molecular formula is C20H40O4. The lowest BCUT2D eigenvalue weighted by molar-refractivity contribution is -0.503. The summed E-state index contributed by atoms with van der Waals surface area (Å²) in [4.78, 5) is 9.54. The van der Waals surface area contributed by atoms with E-state index < -0.39 is 5.79 Å². The van der Waals surface area contributed by atoms with Gasteiger partial charge in [-0.1, -0.05) is 90.4 Å². The molecule has 0 aromatic heterocycles. The minimum absolute atomic E-state index is 0.0677. The Kier molecular flexibility index (Phi) is 12.8. The molecular weight excluding hydrogens is 304 g/mol. The normalized spacial score (nSPS) is 23.4. The second-order valence-corrected chi connectivity index (χ2v) is 7.61. The molecule has 0 aliphatic heterocycles. The van der Waals surface area contributed by atoms with E-state index in [4.69, 9.17) is 9.78 Å². The van der Waals surface area contributed by atoms with E-state index in [1.54, 1.807) is 0 Å². The first-order chi connectivity index (χ1) is 11.8. The maximum absolute atomic E-state index is 9.50. The minimum Gasteiger partial charge on any atom is -0.249 e. The summed E-state index contributed by atoms with van der Waals surface area (Å²) < 4.78 is 0. The molecule has 2 N–H and O–H groups in total. The van der Waals surface area contributed by atoms with E-state index in [1.807, 2.05) is 0 Å². The molecule has 4 heteroatoms. The van der Waals surface area contributed by atoms with E-state index in [2.05, 4.69) is 6.92 Å². The van der Waals surface area contributed by atoms with Crippen LogP contribution in [0.25, 0.3) is 0 Å². The summed E-state index contributed by atoms with van der Waals surface area (Å²) in [5.41, 5.74) is 0. The molecule has 144 valence electrons. The van der Waals surface area contributed by atoms with Crippen molar-refractivity contribution in [3.8, 4) is 0 Å². The van der Waals surface area contributed by atoms with E-state index >= 15 is 0 Å². The van der Waals surface area contributed by atoms with E-state index in [0.29, 0.717) is 6.42 Å². The highest BCUT2D eigenvalue weighted by Gasteiger charge is 2.41. The minimum atomic E-state index is -1.22. The van der Waals surface area contributed by atoms with Gasteiger partial charge in [0.1, 0.15) is 0 Å². The zero-order valence-corrected chi connectivity index (χ0v) is 15.8. The fourth-order valence-corrected chi connectivity index (χ4v) is 4.04. The first-order valence-corrected chi connectivity index (χ1v) is 10.4. The lowest BCUT2D eigenvalue weighted by Gasteiger charge is -2.35. The van der Waals surface area contributed by atoms with Gasteiger partial charge in [0.05, 0.1) is 0 Å². The summed E-state index contributed by atoms with van der Waals surface area (Å²) in [7, 11) is 0. The Bertz CT molecular complexity index is 279. The van der Waals surface area contributed by atoms with Crippen molar-refractivity contribution in [2.75, 3.05) is 0 Å². The van der Waals surface area contributed by atoms with Crippen molar-refractivity contribution in [2.24, 2.45) is 5.92 Å². The zero-order valence-electron chi connectivity index (χ0n) is 15.8. The lowest BCUT2D eigenvalue weighted by atomic mass is 9.84. The molecule has 0 aromatic rings. The summed E-state index contributed by atoms with van der Waals surface area (Å²) in [5.74, 6) is -1.15. The molecule has 0 heterocycles. The topological polar surface area (TPSA) is 58.9 Å². The van der Waals surface area contributed by atoms with Crippen LogP contribution in [-0.4, -0.2) is 16.3 Å². The highest BCUT2D eigenvalue weighted by atomic mass is 17.2. The molecule has 1 atom stereocenters. The smallest absolute Gasteiger partial charge is 0.236 e. The van der Waals surface area contributed by atoms with Gasteiger partial charge in [-0.05, 0) is 19.3 Å². The van der Waals surface area contributed by atoms with Crippen molar-refractivity contribution in [3.05, 3.63) is 0 Å². The molecule has 1 unspecified atom stereocenters. The maximum Gasteiger partial charge on any atom is 0.236 e. The second kappa shape index (κ2) is 14.1. The first kappa shape index (κ1) is 21.9. The maximum atomic E-state index is 9.50. The van der Waals surface area contributed by atoms with Crippen molar-refractivity contribution in [3.63, 3.8) is 0 Å². The van der Waals surface area contributed by atoms with E-state index in [1.165, 1.54) is 64.2 Å². The van der Waals surface area contributed by atoms with Crippen LogP contribution in [0.15, 0.2) is 0 Å². The van der Waals surface area contributed by atoms with Crippen LogP contribution in [0.4, 0.5) is 0 Å². The average Bonchev–Trinajstić information content (AvgIpc) is 2.60. The third-order valence-electron chi connectivity index (χ3n) is 5.67. The van der Waals surface area contributed by atoms with Gasteiger partial charge in [-0.3, -0.25) is 0 Å². The van der Waals surface area contributed by atoms with Crippen LogP contribution >= 0.6 is 0 Å². The van der Waals surface area contributed by atoms with Gasteiger partial charge < -0.3 is 0 Å². The molecule has 1 rings (SSSR count). The summed E-state index contributed by atoms with van der Waals surface area (Å²) >= 11 is 0. The Balaban J connectivity index is 2.55. The van der Waals surface area contributed by atoms with Crippen molar-refractivity contribution in [2.45, 2.75) is 122 Å². The Morgan fingerprint density at radius 2 is 1.29 bits per heavy atom. The Labute approximate surface area is 148 Å². The zero-order chi connectivity index (χ0) is 17.5.